The molecule has 3 aromatic rings. The van der Waals surface area contributed by atoms with Crippen molar-refractivity contribution in [3.05, 3.63) is 53.7 Å². The van der Waals surface area contributed by atoms with Crippen LogP contribution in [-0.4, -0.2) is 59.2 Å². The van der Waals surface area contributed by atoms with Crippen LogP contribution >= 0.6 is 12.2 Å². The van der Waals surface area contributed by atoms with Crippen molar-refractivity contribution in [3.63, 3.8) is 0 Å². The number of likely N-dealkylation sites (N-methyl/N-ethyl adjacent to an activating group) is 2. The Bertz CT molecular complexity index is 958. The largest absolute Gasteiger partial charge is 0.364 e. The summed E-state index contributed by atoms with van der Waals surface area (Å²) in [5, 5.41) is 1.08. The molecule has 0 N–H and O–H groups in total. The molecule has 0 radical (unpaired) electrons. The van der Waals surface area contributed by atoms with Crippen molar-refractivity contribution >= 4 is 39.4 Å². The Hall–Kier alpha value is -2.24. The maximum absolute atomic E-state index is 11.8. The van der Waals surface area contributed by atoms with Crippen molar-refractivity contribution in [2.75, 3.05) is 34.2 Å². The van der Waals surface area contributed by atoms with Crippen molar-refractivity contribution in [2.45, 2.75) is 6.92 Å². The van der Waals surface area contributed by atoms with Gasteiger partial charge in [-0.3, -0.25) is 4.79 Å². The van der Waals surface area contributed by atoms with Crippen LogP contribution in [0, 0.1) is 0 Å². The number of benzene rings is 1. The molecule has 0 aliphatic carbocycles. The van der Waals surface area contributed by atoms with Gasteiger partial charge in [-0.2, -0.15) is 0 Å². The van der Waals surface area contributed by atoms with Gasteiger partial charge in [-0.1, -0.05) is 30.4 Å². The van der Waals surface area contributed by atoms with Gasteiger partial charge in [0.1, 0.15) is 4.99 Å². The molecule has 0 atom stereocenters. The molecular weight excluding hydrogens is 330 g/mol. The van der Waals surface area contributed by atoms with E-state index in [9.17, 15) is 4.79 Å². The van der Waals surface area contributed by atoms with Gasteiger partial charge in [-0.25, -0.2) is 0 Å². The van der Waals surface area contributed by atoms with E-state index >= 15 is 0 Å². The van der Waals surface area contributed by atoms with Crippen LogP contribution < -0.4 is 0 Å². The average Bonchev–Trinajstić information content (AvgIpc) is 2.92. The van der Waals surface area contributed by atoms with E-state index in [-0.39, 0.29) is 5.78 Å². The summed E-state index contributed by atoms with van der Waals surface area (Å²) in [5.41, 5.74) is 3.86. The van der Waals surface area contributed by atoms with Crippen molar-refractivity contribution in [2.24, 2.45) is 0 Å². The molecule has 0 amide bonds. The van der Waals surface area contributed by atoms with Crippen LogP contribution in [0.3, 0.4) is 0 Å². The lowest BCUT2D eigenvalue weighted by molar-refractivity contribution is 0.101. The highest BCUT2D eigenvalue weighted by molar-refractivity contribution is 7.80. The second-order valence-electron chi connectivity index (χ2n) is 6.65. The third-order valence-corrected chi connectivity index (χ3v) is 5.01. The number of hydrogen-bond donors (Lipinski definition) is 0. The molecule has 0 fully saturated rings. The molecule has 0 aliphatic heterocycles. The van der Waals surface area contributed by atoms with Crippen LogP contribution in [0.25, 0.3) is 16.4 Å². The molecule has 25 heavy (non-hydrogen) atoms. The molecule has 2 heterocycles. The summed E-state index contributed by atoms with van der Waals surface area (Å²) in [6.45, 7) is 3.40. The summed E-state index contributed by atoms with van der Waals surface area (Å²) in [6.07, 6.45) is 2.02. The van der Waals surface area contributed by atoms with Crippen molar-refractivity contribution in [1.82, 2.24) is 14.2 Å². The Morgan fingerprint density at radius 3 is 2.52 bits per heavy atom. The minimum absolute atomic E-state index is 0.0695. The van der Waals surface area contributed by atoms with Crippen molar-refractivity contribution < 1.29 is 4.79 Å². The number of hydrogen-bond acceptors (Lipinski definition) is 3. The Morgan fingerprint density at radius 2 is 1.84 bits per heavy atom. The predicted octanol–water partition coefficient (Wildman–Crippen LogP) is 3.46. The van der Waals surface area contributed by atoms with Crippen LogP contribution in [0.5, 0.6) is 0 Å². The van der Waals surface area contributed by atoms with E-state index in [0.29, 0.717) is 5.56 Å². The van der Waals surface area contributed by atoms with Gasteiger partial charge in [-0.05, 0) is 39.2 Å². The average molecular weight is 353 g/mol. The summed E-state index contributed by atoms with van der Waals surface area (Å²) in [7, 11) is 6.15. The topological polar surface area (TPSA) is 28.0 Å². The number of nitrogens with zero attached hydrogens (tertiary/aromatic N) is 3. The van der Waals surface area contributed by atoms with E-state index in [0.717, 1.165) is 40.1 Å². The molecule has 0 bridgehead atoms. The molecule has 0 aliphatic rings. The molecule has 1 aromatic carbocycles. The zero-order valence-electron chi connectivity index (χ0n) is 15.1. The van der Waals surface area contributed by atoms with Gasteiger partial charge >= 0.3 is 0 Å². The highest BCUT2D eigenvalue weighted by Crippen LogP contribution is 2.29. The Labute approximate surface area is 153 Å². The van der Waals surface area contributed by atoms with Crippen LogP contribution in [0.2, 0.25) is 0 Å². The molecule has 0 saturated heterocycles. The maximum Gasteiger partial charge on any atom is 0.159 e. The SMILES string of the molecule is CC(=O)c1ccc2c(C(=S)N(C)CCN(C)C)c3ccccn3c2c1. The molecule has 0 unspecified atom stereocenters. The van der Waals surface area contributed by atoms with Gasteiger partial charge in [-0.15, -0.1) is 0 Å². The van der Waals surface area contributed by atoms with E-state index < -0.39 is 0 Å². The number of aromatic nitrogens is 1. The molecule has 4 nitrogen and oxygen atoms in total. The predicted molar refractivity (Wildman–Crippen MR) is 108 cm³/mol. The molecule has 130 valence electrons. The number of thiocarbonyl (C=S) groups is 1. The first kappa shape index (κ1) is 17.6. The zero-order chi connectivity index (χ0) is 18.1. The molecule has 3 rings (SSSR count). The van der Waals surface area contributed by atoms with E-state index in [4.69, 9.17) is 12.2 Å². The third-order valence-electron chi connectivity index (χ3n) is 4.49. The molecule has 5 heteroatoms. The summed E-state index contributed by atoms with van der Waals surface area (Å²) in [4.78, 5) is 16.9. The van der Waals surface area contributed by atoms with Crippen molar-refractivity contribution in [1.29, 1.82) is 0 Å². The van der Waals surface area contributed by atoms with Crippen LogP contribution in [0.4, 0.5) is 0 Å². The van der Waals surface area contributed by atoms with Crippen LogP contribution in [0.1, 0.15) is 22.8 Å². The molecular formula is C20H23N3OS. The number of carbonyl (C=O) groups is 1. The first-order valence-corrected chi connectivity index (χ1v) is 8.75. The fraction of sp³-hybridized carbons (Fsp3) is 0.300. The summed E-state index contributed by atoms with van der Waals surface area (Å²) in [5.74, 6) is 0.0695. The van der Waals surface area contributed by atoms with E-state index in [1.54, 1.807) is 6.92 Å². The van der Waals surface area contributed by atoms with E-state index in [1.165, 1.54) is 0 Å². The second kappa shape index (κ2) is 6.94. The van der Waals surface area contributed by atoms with Gasteiger partial charge < -0.3 is 14.2 Å². The van der Waals surface area contributed by atoms with Crippen LogP contribution in [0.15, 0.2) is 42.6 Å². The Balaban J connectivity index is 2.16. The lowest BCUT2D eigenvalue weighted by Gasteiger charge is -2.22. The standard InChI is InChI=1S/C20H23N3OS/c1-14(24)15-8-9-16-18(13-15)23-10-6-5-7-17(23)19(16)20(25)22(4)12-11-21(2)3/h5-10,13H,11-12H2,1-4H3. The zero-order valence-corrected chi connectivity index (χ0v) is 15.9. The minimum atomic E-state index is 0.0695. The van der Waals surface area contributed by atoms with Gasteiger partial charge in [0, 0.05) is 42.8 Å². The highest BCUT2D eigenvalue weighted by Gasteiger charge is 2.18. The number of ketones is 1. The maximum atomic E-state index is 11.8. The summed E-state index contributed by atoms with van der Waals surface area (Å²) in [6, 6.07) is 11.9. The molecule has 2 aromatic heterocycles. The molecule has 0 spiro atoms. The second-order valence-corrected chi connectivity index (χ2v) is 7.04. The highest BCUT2D eigenvalue weighted by atomic mass is 32.1. The first-order chi connectivity index (χ1) is 11.9. The number of carbonyl (C=O) groups excluding carboxylic acids is 1. The van der Waals surface area contributed by atoms with Crippen molar-refractivity contribution in [3.8, 4) is 0 Å². The third kappa shape index (κ3) is 3.30. The van der Waals surface area contributed by atoms with E-state index in [1.807, 2.05) is 43.6 Å². The van der Waals surface area contributed by atoms with Crippen LogP contribution in [-0.2, 0) is 0 Å². The Morgan fingerprint density at radius 1 is 1.08 bits per heavy atom. The molecule has 0 saturated carbocycles. The first-order valence-electron chi connectivity index (χ1n) is 8.34. The smallest absolute Gasteiger partial charge is 0.159 e. The summed E-state index contributed by atoms with van der Waals surface area (Å²) >= 11 is 5.82. The monoisotopic (exact) mass is 353 g/mol. The van der Waals surface area contributed by atoms with E-state index in [2.05, 4.69) is 34.4 Å². The fourth-order valence-corrected chi connectivity index (χ4v) is 3.33. The minimum Gasteiger partial charge on any atom is -0.364 e. The number of Topliss-reactive ketones (excluding diaryl/α,β-unsaturated/α-hetero) is 1. The number of rotatable bonds is 5. The Kier molecular flexibility index (Phi) is 4.88. The number of fused-ring (bicyclic) bond motifs is 3. The fourth-order valence-electron chi connectivity index (χ4n) is 3.02. The van der Waals surface area contributed by atoms with Gasteiger partial charge in [0.2, 0.25) is 0 Å². The van der Waals surface area contributed by atoms with Gasteiger partial charge in [0.15, 0.2) is 5.78 Å². The number of pyridine rings is 1. The lowest BCUT2D eigenvalue weighted by Crippen LogP contribution is -2.32. The quantitative estimate of drug-likeness (QED) is 0.519. The lowest BCUT2D eigenvalue weighted by atomic mass is 10.1. The van der Waals surface area contributed by atoms with Gasteiger partial charge in [0.05, 0.1) is 11.0 Å². The summed E-state index contributed by atoms with van der Waals surface area (Å²) < 4.78 is 2.11. The normalized spacial score (nSPS) is 11.4. The van der Waals surface area contributed by atoms with Gasteiger partial charge in [0.25, 0.3) is 0 Å².